The van der Waals surface area contributed by atoms with Crippen molar-refractivity contribution < 1.29 is 4.79 Å². The van der Waals surface area contributed by atoms with Crippen LogP contribution < -0.4 is 10.2 Å². The first-order chi connectivity index (χ1) is 11.3. The second-order valence-corrected chi connectivity index (χ2v) is 5.88. The Balaban J connectivity index is 1.59. The van der Waals surface area contributed by atoms with Crippen molar-refractivity contribution in [2.24, 2.45) is 0 Å². The number of anilines is 2. The molecule has 4 rings (SSSR count). The summed E-state index contributed by atoms with van der Waals surface area (Å²) in [4.78, 5) is 23.0. The van der Waals surface area contributed by atoms with E-state index in [1.165, 1.54) is 6.33 Å². The van der Waals surface area contributed by atoms with E-state index in [1.807, 2.05) is 18.2 Å². The van der Waals surface area contributed by atoms with Gasteiger partial charge in [-0.15, -0.1) is 0 Å². The van der Waals surface area contributed by atoms with Crippen molar-refractivity contribution in [2.75, 3.05) is 23.3 Å². The molecule has 3 aromatic rings. The van der Waals surface area contributed by atoms with Crippen molar-refractivity contribution in [1.82, 2.24) is 18.7 Å². The molecule has 3 heterocycles. The largest absolute Gasteiger partial charge is 0.357 e. The molecule has 1 fully saturated rings. The van der Waals surface area contributed by atoms with Crippen LogP contribution in [0.4, 0.5) is 11.5 Å². The molecule has 1 aliphatic heterocycles. The van der Waals surface area contributed by atoms with Gasteiger partial charge in [0, 0.05) is 19.2 Å². The van der Waals surface area contributed by atoms with Gasteiger partial charge in [0.1, 0.15) is 28.9 Å². The Hall–Kier alpha value is -2.61. The van der Waals surface area contributed by atoms with Crippen LogP contribution in [0.3, 0.4) is 0 Å². The first-order valence-corrected chi connectivity index (χ1v) is 8.14. The van der Waals surface area contributed by atoms with Crippen LogP contribution in [0.5, 0.6) is 0 Å². The fourth-order valence-corrected chi connectivity index (χ4v) is 3.23. The monoisotopic (exact) mass is 326 g/mol. The predicted molar refractivity (Wildman–Crippen MR) is 88.8 cm³/mol. The van der Waals surface area contributed by atoms with Crippen LogP contribution in [0, 0.1) is 0 Å². The number of hydrogen-bond acceptors (Lipinski definition) is 7. The van der Waals surface area contributed by atoms with E-state index in [2.05, 4.69) is 28.9 Å². The molecule has 0 bridgehead atoms. The minimum atomic E-state index is -0.270. The van der Waals surface area contributed by atoms with Gasteiger partial charge >= 0.3 is 0 Å². The maximum absolute atomic E-state index is 12.5. The number of nitrogens with zero attached hydrogens (tertiary/aromatic N) is 5. The predicted octanol–water partition coefficient (Wildman–Crippen LogP) is 2.33. The normalized spacial score (nSPS) is 14.3. The number of carbonyl (C=O) groups excluding carboxylic acids is 1. The first kappa shape index (κ1) is 14.0. The summed E-state index contributed by atoms with van der Waals surface area (Å²) in [6.07, 6.45) is 3.75. The van der Waals surface area contributed by atoms with Gasteiger partial charge in [-0.1, -0.05) is 6.07 Å². The minimum absolute atomic E-state index is 0.270. The van der Waals surface area contributed by atoms with Gasteiger partial charge in [0.2, 0.25) is 0 Å². The highest BCUT2D eigenvalue weighted by atomic mass is 32.1. The summed E-state index contributed by atoms with van der Waals surface area (Å²) in [5.74, 6) is 0.532. The Bertz CT molecular complexity index is 858. The molecule has 116 valence electrons. The molecule has 0 atom stereocenters. The highest BCUT2D eigenvalue weighted by Crippen LogP contribution is 2.22. The van der Waals surface area contributed by atoms with Crippen molar-refractivity contribution in [1.29, 1.82) is 0 Å². The molecule has 0 spiro atoms. The highest BCUT2D eigenvalue weighted by molar-refractivity contribution is 7.00. The molecule has 23 heavy (non-hydrogen) atoms. The lowest BCUT2D eigenvalue weighted by Crippen LogP contribution is -2.21. The van der Waals surface area contributed by atoms with E-state index in [1.54, 1.807) is 6.07 Å². The first-order valence-electron chi connectivity index (χ1n) is 7.41. The molecule has 0 aliphatic carbocycles. The summed E-state index contributed by atoms with van der Waals surface area (Å²) in [5, 5.41) is 2.86. The molecule has 1 saturated heterocycles. The SMILES string of the molecule is O=C(Nc1cccc2nsnc12)c1cc(N2CCCC2)ncn1. The molecule has 1 amide bonds. The van der Waals surface area contributed by atoms with Gasteiger partial charge in [-0.2, -0.15) is 8.75 Å². The zero-order chi connectivity index (χ0) is 15.6. The number of amides is 1. The highest BCUT2D eigenvalue weighted by Gasteiger charge is 2.17. The fourth-order valence-electron chi connectivity index (χ4n) is 2.68. The number of fused-ring (bicyclic) bond motifs is 1. The maximum atomic E-state index is 12.5. The van der Waals surface area contributed by atoms with E-state index in [9.17, 15) is 4.79 Å². The second kappa shape index (κ2) is 5.88. The smallest absolute Gasteiger partial charge is 0.274 e. The second-order valence-electron chi connectivity index (χ2n) is 5.35. The Kier molecular flexibility index (Phi) is 3.58. The molecule has 1 aliphatic rings. The summed E-state index contributed by atoms with van der Waals surface area (Å²) in [7, 11) is 0. The quantitative estimate of drug-likeness (QED) is 0.795. The zero-order valence-electron chi connectivity index (χ0n) is 12.3. The van der Waals surface area contributed by atoms with Crippen LogP contribution in [0.25, 0.3) is 11.0 Å². The Morgan fingerprint density at radius 1 is 1.17 bits per heavy atom. The topological polar surface area (TPSA) is 83.9 Å². The number of hydrogen-bond donors (Lipinski definition) is 1. The maximum Gasteiger partial charge on any atom is 0.274 e. The third kappa shape index (κ3) is 2.72. The Morgan fingerprint density at radius 2 is 2.04 bits per heavy atom. The van der Waals surface area contributed by atoms with E-state index in [0.29, 0.717) is 16.9 Å². The zero-order valence-corrected chi connectivity index (χ0v) is 13.1. The lowest BCUT2D eigenvalue weighted by Gasteiger charge is -2.16. The Labute approximate surface area is 136 Å². The molecule has 1 aromatic carbocycles. The lowest BCUT2D eigenvalue weighted by atomic mass is 10.2. The minimum Gasteiger partial charge on any atom is -0.357 e. The third-order valence-corrected chi connectivity index (χ3v) is 4.39. The van der Waals surface area contributed by atoms with Crippen LogP contribution in [0.1, 0.15) is 23.3 Å². The molecule has 2 aromatic heterocycles. The van der Waals surface area contributed by atoms with Crippen molar-refractivity contribution in [3.05, 3.63) is 36.3 Å². The van der Waals surface area contributed by atoms with Crippen molar-refractivity contribution in [2.45, 2.75) is 12.8 Å². The molecule has 0 saturated carbocycles. The van der Waals surface area contributed by atoms with E-state index in [0.717, 1.165) is 49.0 Å². The third-order valence-electron chi connectivity index (χ3n) is 3.85. The summed E-state index contributed by atoms with van der Waals surface area (Å²) >= 11 is 1.13. The van der Waals surface area contributed by atoms with E-state index >= 15 is 0 Å². The van der Waals surface area contributed by atoms with E-state index in [-0.39, 0.29) is 5.91 Å². The molecule has 0 radical (unpaired) electrons. The number of aromatic nitrogens is 4. The summed E-state index contributed by atoms with van der Waals surface area (Å²) in [6, 6.07) is 7.25. The summed E-state index contributed by atoms with van der Waals surface area (Å²) in [6.45, 7) is 1.95. The number of nitrogens with one attached hydrogen (secondary N) is 1. The number of carbonyl (C=O) groups is 1. The van der Waals surface area contributed by atoms with Crippen LogP contribution in [-0.2, 0) is 0 Å². The number of benzene rings is 1. The van der Waals surface area contributed by atoms with Crippen molar-refractivity contribution in [3.8, 4) is 0 Å². The molecule has 7 nitrogen and oxygen atoms in total. The van der Waals surface area contributed by atoms with Crippen LogP contribution in [0.2, 0.25) is 0 Å². The van der Waals surface area contributed by atoms with E-state index < -0.39 is 0 Å². The molecular formula is C15H14N6OS. The molecule has 1 N–H and O–H groups in total. The van der Waals surface area contributed by atoms with Gasteiger partial charge in [0.25, 0.3) is 5.91 Å². The Morgan fingerprint density at radius 3 is 2.91 bits per heavy atom. The lowest BCUT2D eigenvalue weighted by molar-refractivity contribution is 0.102. The van der Waals surface area contributed by atoms with Gasteiger partial charge < -0.3 is 10.2 Å². The van der Waals surface area contributed by atoms with Gasteiger partial charge in [0.05, 0.1) is 17.4 Å². The van der Waals surface area contributed by atoms with E-state index in [4.69, 9.17) is 0 Å². The van der Waals surface area contributed by atoms with Gasteiger partial charge in [0.15, 0.2) is 0 Å². The van der Waals surface area contributed by atoms with Gasteiger partial charge in [-0.25, -0.2) is 9.97 Å². The molecule has 8 heteroatoms. The van der Waals surface area contributed by atoms with Crippen LogP contribution in [-0.4, -0.2) is 37.7 Å². The average molecular weight is 326 g/mol. The summed E-state index contributed by atoms with van der Waals surface area (Å²) in [5.41, 5.74) is 2.46. The van der Waals surface area contributed by atoms with Crippen molar-refractivity contribution >= 4 is 40.2 Å². The standard InChI is InChI=1S/C15H14N6OS/c22-15(18-10-4-3-5-11-14(10)20-23-19-11)12-8-13(17-9-16-12)21-6-1-2-7-21/h3-5,8-9H,1-2,6-7H2,(H,18,22). The van der Waals surface area contributed by atoms with Gasteiger partial charge in [-0.3, -0.25) is 4.79 Å². The summed E-state index contributed by atoms with van der Waals surface area (Å²) < 4.78 is 8.39. The van der Waals surface area contributed by atoms with Crippen molar-refractivity contribution in [3.63, 3.8) is 0 Å². The number of rotatable bonds is 3. The molecular weight excluding hydrogens is 312 g/mol. The fraction of sp³-hybridized carbons (Fsp3) is 0.267. The van der Waals surface area contributed by atoms with Gasteiger partial charge in [-0.05, 0) is 25.0 Å². The van der Waals surface area contributed by atoms with Crippen LogP contribution >= 0.6 is 11.7 Å². The molecule has 0 unspecified atom stereocenters. The van der Waals surface area contributed by atoms with Crippen LogP contribution in [0.15, 0.2) is 30.6 Å². The average Bonchev–Trinajstić information content (AvgIpc) is 3.27.